The van der Waals surface area contributed by atoms with Gasteiger partial charge in [0.25, 0.3) is 0 Å². The highest BCUT2D eigenvalue weighted by atomic mass is 32.2. The van der Waals surface area contributed by atoms with Gasteiger partial charge in [-0.3, -0.25) is 9.59 Å². The maximum Gasteiger partial charge on any atom is 0.353 e. The molecule has 4 atom stereocenters. The quantitative estimate of drug-likeness (QED) is 0.535. The molecule has 2 unspecified atom stereocenters. The van der Waals surface area contributed by atoms with Crippen molar-refractivity contribution in [3.63, 3.8) is 0 Å². The lowest BCUT2D eigenvalue weighted by Gasteiger charge is -2.33. The van der Waals surface area contributed by atoms with Crippen LogP contribution in [0.15, 0.2) is 23.3 Å². The molecule has 0 aliphatic carbocycles. The first kappa shape index (κ1) is 20.3. The molecule has 11 heteroatoms. The van der Waals surface area contributed by atoms with E-state index in [4.69, 9.17) is 0 Å². The van der Waals surface area contributed by atoms with Crippen LogP contribution in [0.25, 0.3) is 0 Å². The third-order valence-corrected chi connectivity index (χ3v) is 6.67. The lowest BCUT2D eigenvalue weighted by molar-refractivity contribution is -0.758. The van der Waals surface area contributed by atoms with E-state index in [0.29, 0.717) is 18.0 Å². The molecule has 1 aromatic rings. The van der Waals surface area contributed by atoms with Crippen molar-refractivity contribution in [2.45, 2.75) is 51.3 Å². The number of carbonyl (C=O) groups excluding carboxylic acids is 1. The van der Waals surface area contributed by atoms with Gasteiger partial charge in [-0.25, -0.2) is 4.79 Å². The van der Waals surface area contributed by atoms with Gasteiger partial charge < -0.3 is 20.2 Å². The predicted octanol–water partition coefficient (Wildman–Crippen LogP) is -0.469. The number of amides is 1. The number of carbonyl (C=O) groups is 3. The summed E-state index contributed by atoms with van der Waals surface area (Å²) in [6.07, 6.45) is 2.12. The molecule has 2 aliphatic heterocycles. The first-order valence-electron chi connectivity index (χ1n) is 8.88. The predicted molar refractivity (Wildman–Crippen MR) is 96.7 cm³/mol. The Morgan fingerprint density at radius 3 is 2.54 bits per heavy atom. The van der Waals surface area contributed by atoms with Crippen LogP contribution >= 0.6 is 11.8 Å². The van der Waals surface area contributed by atoms with Gasteiger partial charge >= 0.3 is 18.3 Å². The van der Waals surface area contributed by atoms with E-state index in [2.05, 4.69) is 4.98 Å². The zero-order chi connectivity index (χ0) is 20.7. The van der Waals surface area contributed by atoms with E-state index in [1.807, 2.05) is 9.36 Å². The van der Waals surface area contributed by atoms with Crippen LogP contribution in [0.3, 0.4) is 0 Å². The summed E-state index contributed by atoms with van der Waals surface area (Å²) in [6.45, 7) is 5.50. The average Bonchev–Trinajstić information content (AvgIpc) is 3.21. The Labute approximate surface area is 165 Å². The van der Waals surface area contributed by atoms with Gasteiger partial charge in [0.05, 0.1) is 23.9 Å². The summed E-state index contributed by atoms with van der Waals surface area (Å²) in [5.41, 5.74) is -0.193. The van der Waals surface area contributed by atoms with Crippen LogP contribution in [-0.4, -0.2) is 65.1 Å². The van der Waals surface area contributed by atoms with Gasteiger partial charge in [-0.05, 0) is 11.9 Å². The number of aliphatic hydroxyl groups is 1. The van der Waals surface area contributed by atoms with Gasteiger partial charge in [-0.2, -0.15) is 9.36 Å². The first-order valence-corrected chi connectivity index (χ1v) is 9.76. The van der Waals surface area contributed by atoms with Crippen molar-refractivity contribution < 1.29 is 34.4 Å². The Morgan fingerprint density at radius 1 is 1.36 bits per heavy atom. The molecule has 1 amide bonds. The number of fused-ring (bicyclic) bond motifs is 1. The molecule has 0 spiro atoms. The number of thioether (sulfide) groups is 1. The number of carboxylic acid groups (broad SMARTS) is 2. The van der Waals surface area contributed by atoms with Crippen LogP contribution in [-0.2, 0) is 27.5 Å². The molecule has 2 aliphatic rings. The highest BCUT2D eigenvalue weighted by Gasteiger charge is 2.51. The van der Waals surface area contributed by atoms with Gasteiger partial charge in [0.2, 0.25) is 12.2 Å². The number of rotatable bonds is 6. The number of aliphatic hydroxyl groups excluding tert-OH is 1. The average molecular weight is 411 g/mol. The lowest BCUT2D eigenvalue weighted by Crippen LogP contribution is -2.49. The van der Waals surface area contributed by atoms with Gasteiger partial charge in [-0.1, -0.05) is 6.92 Å². The summed E-state index contributed by atoms with van der Waals surface area (Å²) < 4.78 is 3.82. The van der Waals surface area contributed by atoms with Crippen molar-refractivity contribution in [2.75, 3.05) is 0 Å². The topological polar surface area (TPSA) is 137 Å². The Morgan fingerprint density at radius 2 is 2.04 bits per heavy atom. The molecule has 152 valence electrons. The molecule has 3 rings (SSSR count). The molecule has 0 saturated heterocycles. The van der Waals surface area contributed by atoms with Crippen LogP contribution in [0.5, 0.6) is 0 Å². The van der Waals surface area contributed by atoms with Crippen molar-refractivity contribution in [1.29, 1.82) is 0 Å². The van der Waals surface area contributed by atoms with Crippen molar-refractivity contribution in [1.82, 2.24) is 14.6 Å². The number of hydrogen-bond donors (Lipinski definition) is 3. The van der Waals surface area contributed by atoms with Crippen LogP contribution < -0.4 is 4.68 Å². The largest absolute Gasteiger partial charge is 0.481 e. The zero-order valence-electron chi connectivity index (χ0n) is 15.7. The third kappa shape index (κ3) is 3.39. The first-order chi connectivity index (χ1) is 13.1. The zero-order valence-corrected chi connectivity index (χ0v) is 16.5. The second-order valence-electron chi connectivity index (χ2n) is 7.15. The van der Waals surface area contributed by atoms with Gasteiger partial charge in [0.1, 0.15) is 18.2 Å². The fraction of sp³-hybridized carbons (Fsp3) is 0.588. The van der Waals surface area contributed by atoms with Crippen LogP contribution in [0.2, 0.25) is 0 Å². The normalized spacial score (nSPS) is 26.3. The molecule has 0 fully saturated rings. The molecule has 10 nitrogen and oxygen atoms in total. The number of aliphatic carboxylic acids is 2. The minimum absolute atomic E-state index is 0.0252. The SMILES string of the molecule is CC(=O)N1C(C(=O)O)=C(SC2Cn3cnc[n+]3C2)[C@@H](C)C1C(C(=O)O)[C@@H](C)O. The molecule has 0 radical (unpaired) electrons. The number of nitrogens with zero attached hydrogens (tertiary/aromatic N) is 4. The second kappa shape index (κ2) is 7.55. The minimum atomic E-state index is -1.30. The Balaban J connectivity index is 1.98. The van der Waals surface area contributed by atoms with Gasteiger partial charge in [-0.15, -0.1) is 11.8 Å². The van der Waals surface area contributed by atoms with E-state index >= 15 is 0 Å². The highest BCUT2D eigenvalue weighted by molar-refractivity contribution is 8.03. The van der Waals surface area contributed by atoms with Crippen LogP contribution in [0.1, 0.15) is 20.8 Å². The lowest BCUT2D eigenvalue weighted by atomic mass is 9.86. The van der Waals surface area contributed by atoms with E-state index in [1.165, 1.54) is 25.6 Å². The number of carboxylic acids is 2. The molecule has 1 aromatic heterocycles. The minimum Gasteiger partial charge on any atom is -0.481 e. The van der Waals surface area contributed by atoms with E-state index in [0.717, 1.165) is 4.90 Å². The summed E-state index contributed by atoms with van der Waals surface area (Å²) >= 11 is 1.35. The fourth-order valence-electron chi connectivity index (χ4n) is 4.06. The second-order valence-corrected chi connectivity index (χ2v) is 8.50. The van der Waals surface area contributed by atoms with E-state index in [9.17, 15) is 29.7 Å². The Bertz CT molecular complexity index is 830. The molecular weight excluding hydrogens is 388 g/mol. The molecule has 0 bridgehead atoms. The van der Waals surface area contributed by atoms with Crippen molar-refractivity contribution in [3.05, 3.63) is 23.3 Å². The number of aromatic nitrogens is 3. The van der Waals surface area contributed by atoms with Crippen LogP contribution in [0, 0.1) is 11.8 Å². The van der Waals surface area contributed by atoms with Crippen molar-refractivity contribution in [3.8, 4) is 0 Å². The standard InChI is InChI=1S/C17H22N4O6S/c1-8-13(12(9(2)22)16(24)25)21(10(3)23)14(17(26)27)15(8)28-11-4-19-6-18-7-20(19)5-11/h6-9,11-13,22H,4-5H2,1-3H3,(H-,24,25,26,27)/p+1/t8-,9+,12?,13?/m0/s1. The van der Waals surface area contributed by atoms with Gasteiger partial charge in [0, 0.05) is 17.7 Å². The molecule has 28 heavy (non-hydrogen) atoms. The maximum atomic E-state index is 12.3. The third-order valence-electron chi connectivity index (χ3n) is 5.22. The summed E-state index contributed by atoms with van der Waals surface area (Å²) in [4.78, 5) is 41.7. The summed E-state index contributed by atoms with van der Waals surface area (Å²) in [5, 5.41) is 29.5. The van der Waals surface area contributed by atoms with Gasteiger partial charge in [0.15, 0.2) is 0 Å². The van der Waals surface area contributed by atoms with E-state index in [1.54, 1.807) is 19.6 Å². The summed E-state index contributed by atoms with van der Waals surface area (Å²) in [7, 11) is 0. The Hall–Kier alpha value is -2.40. The van der Waals surface area contributed by atoms with E-state index in [-0.39, 0.29) is 10.9 Å². The monoisotopic (exact) mass is 411 g/mol. The summed E-state index contributed by atoms with van der Waals surface area (Å²) in [6, 6.07) is -0.974. The fourth-order valence-corrected chi connectivity index (χ4v) is 5.53. The molecule has 0 aromatic carbocycles. The van der Waals surface area contributed by atoms with Crippen LogP contribution in [0.4, 0.5) is 0 Å². The maximum absolute atomic E-state index is 12.3. The molecule has 0 saturated carbocycles. The number of hydrogen-bond acceptors (Lipinski definition) is 6. The Kier molecular flexibility index (Phi) is 5.48. The van der Waals surface area contributed by atoms with Crippen molar-refractivity contribution in [2.24, 2.45) is 11.8 Å². The van der Waals surface area contributed by atoms with Crippen molar-refractivity contribution >= 4 is 29.6 Å². The highest BCUT2D eigenvalue weighted by Crippen LogP contribution is 2.46. The molecule has 3 N–H and O–H groups in total. The molecular formula is C17H23N4O6S+. The molecule has 3 heterocycles. The smallest absolute Gasteiger partial charge is 0.353 e. The van der Waals surface area contributed by atoms with E-state index < -0.39 is 41.8 Å². The summed E-state index contributed by atoms with van der Waals surface area (Å²) in [5.74, 6) is -4.96.